The predicted octanol–water partition coefficient (Wildman–Crippen LogP) is 1.78. The first kappa shape index (κ1) is 15.4. The molecule has 106 valence electrons. The summed E-state index contributed by atoms with van der Waals surface area (Å²) in [7, 11) is 1.69. The lowest BCUT2D eigenvalue weighted by Gasteiger charge is -2.29. The standard InChI is InChI=1S/C14H28N2O2/c1-12(13-7-8-13)16(10-11-18-2)14(17)6-4-3-5-9-15/h12-13H,3-11,15H2,1-2H3. The van der Waals surface area contributed by atoms with Gasteiger partial charge in [-0.05, 0) is 45.1 Å². The molecule has 1 rings (SSSR count). The molecule has 4 nitrogen and oxygen atoms in total. The number of unbranched alkanes of at least 4 members (excludes halogenated alkanes) is 2. The Balaban J connectivity index is 2.34. The minimum absolute atomic E-state index is 0.281. The number of ether oxygens (including phenoxy) is 1. The van der Waals surface area contributed by atoms with E-state index in [1.165, 1.54) is 12.8 Å². The summed E-state index contributed by atoms with van der Waals surface area (Å²) in [5, 5.41) is 0. The van der Waals surface area contributed by atoms with E-state index in [-0.39, 0.29) is 5.91 Å². The molecule has 4 heteroatoms. The van der Waals surface area contributed by atoms with Crippen LogP contribution in [0.2, 0.25) is 0 Å². The van der Waals surface area contributed by atoms with E-state index in [1.54, 1.807) is 7.11 Å². The molecule has 1 saturated carbocycles. The van der Waals surface area contributed by atoms with Crippen LogP contribution < -0.4 is 5.73 Å². The van der Waals surface area contributed by atoms with Crippen molar-refractivity contribution in [1.82, 2.24) is 4.90 Å². The number of nitrogens with zero attached hydrogens (tertiary/aromatic N) is 1. The summed E-state index contributed by atoms with van der Waals surface area (Å²) in [6, 6.07) is 0.377. The molecular weight excluding hydrogens is 228 g/mol. The number of carbonyl (C=O) groups excluding carboxylic acids is 1. The molecule has 0 aliphatic heterocycles. The van der Waals surface area contributed by atoms with Gasteiger partial charge in [-0.1, -0.05) is 6.42 Å². The Kier molecular flexibility index (Phi) is 7.28. The van der Waals surface area contributed by atoms with Crippen molar-refractivity contribution in [2.24, 2.45) is 11.7 Å². The Morgan fingerprint density at radius 1 is 1.39 bits per heavy atom. The van der Waals surface area contributed by atoms with Crippen molar-refractivity contribution in [2.75, 3.05) is 26.8 Å². The molecule has 0 bridgehead atoms. The zero-order valence-electron chi connectivity index (χ0n) is 11.9. The number of rotatable bonds is 10. The monoisotopic (exact) mass is 256 g/mol. The van der Waals surface area contributed by atoms with Gasteiger partial charge in [-0.25, -0.2) is 0 Å². The van der Waals surface area contributed by atoms with Gasteiger partial charge in [-0.3, -0.25) is 4.79 Å². The van der Waals surface area contributed by atoms with E-state index in [0.717, 1.165) is 38.3 Å². The first-order chi connectivity index (χ1) is 8.70. The van der Waals surface area contributed by atoms with Crippen LogP contribution in [0.5, 0.6) is 0 Å². The number of hydrogen-bond donors (Lipinski definition) is 1. The summed E-state index contributed by atoms with van der Waals surface area (Å²) in [5.41, 5.74) is 5.46. The Labute approximate surface area is 111 Å². The Hall–Kier alpha value is -0.610. The number of methoxy groups -OCH3 is 1. The van der Waals surface area contributed by atoms with Gasteiger partial charge in [0.25, 0.3) is 0 Å². The molecule has 0 heterocycles. The van der Waals surface area contributed by atoms with Gasteiger partial charge in [0.05, 0.1) is 6.61 Å². The van der Waals surface area contributed by atoms with Crippen LogP contribution in [-0.4, -0.2) is 43.7 Å². The second-order valence-corrected chi connectivity index (χ2v) is 5.26. The van der Waals surface area contributed by atoms with Gasteiger partial charge in [0.2, 0.25) is 5.91 Å². The minimum atomic E-state index is 0.281. The number of carbonyl (C=O) groups is 1. The second-order valence-electron chi connectivity index (χ2n) is 5.26. The lowest BCUT2D eigenvalue weighted by molar-refractivity contribution is -0.134. The van der Waals surface area contributed by atoms with Crippen molar-refractivity contribution in [2.45, 2.75) is 51.5 Å². The highest BCUT2D eigenvalue weighted by molar-refractivity contribution is 5.76. The van der Waals surface area contributed by atoms with E-state index in [9.17, 15) is 4.79 Å². The molecule has 0 radical (unpaired) electrons. The second kappa shape index (κ2) is 8.48. The van der Waals surface area contributed by atoms with Gasteiger partial charge in [0.1, 0.15) is 0 Å². The predicted molar refractivity (Wildman–Crippen MR) is 73.3 cm³/mol. The molecular formula is C14H28N2O2. The van der Waals surface area contributed by atoms with E-state index in [0.29, 0.717) is 19.1 Å². The fourth-order valence-corrected chi connectivity index (χ4v) is 2.32. The molecule has 1 aliphatic carbocycles. The molecule has 0 aromatic heterocycles. The smallest absolute Gasteiger partial charge is 0.222 e. The van der Waals surface area contributed by atoms with Crippen LogP contribution in [0.4, 0.5) is 0 Å². The van der Waals surface area contributed by atoms with Gasteiger partial charge in [-0.2, -0.15) is 0 Å². The highest BCUT2D eigenvalue weighted by Crippen LogP contribution is 2.35. The first-order valence-electron chi connectivity index (χ1n) is 7.19. The maximum Gasteiger partial charge on any atom is 0.222 e. The molecule has 1 amide bonds. The van der Waals surface area contributed by atoms with Crippen LogP contribution in [0.3, 0.4) is 0 Å². The van der Waals surface area contributed by atoms with E-state index in [4.69, 9.17) is 10.5 Å². The van der Waals surface area contributed by atoms with Gasteiger partial charge in [0, 0.05) is 26.1 Å². The minimum Gasteiger partial charge on any atom is -0.383 e. The molecule has 0 spiro atoms. The van der Waals surface area contributed by atoms with Crippen LogP contribution in [0.25, 0.3) is 0 Å². The lowest BCUT2D eigenvalue weighted by Crippen LogP contribution is -2.41. The molecule has 2 N–H and O–H groups in total. The largest absolute Gasteiger partial charge is 0.383 e. The zero-order chi connectivity index (χ0) is 13.4. The number of hydrogen-bond acceptors (Lipinski definition) is 3. The van der Waals surface area contributed by atoms with E-state index < -0.39 is 0 Å². The van der Waals surface area contributed by atoms with Crippen molar-refractivity contribution in [3.63, 3.8) is 0 Å². The van der Waals surface area contributed by atoms with Gasteiger partial charge < -0.3 is 15.4 Å². The van der Waals surface area contributed by atoms with Crippen LogP contribution in [0.15, 0.2) is 0 Å². The molecule has 0 saturated heterocycles. The molecule has 1 fully saturated rings. The Bertz CT molecular complexity index is 242. The molecule has 1 aliphatic rings. The fraction of sp³-hybridized carbons (Fsp3) is 0.929. The third kappa shape index (κ3) is 5.36. The third-order valence-electron chi connectivity index (χ3n) is 3.75. The quantitative estimate of drug-likeness (QED) is 0.606. The first-order valence-corrected chi connectivity index (χ1v) is 7.19. The maximum absolute atomic E-state index is 12.2. The Morgan fingerprint density at radius 2 is 2.11 bits per heavy atom. The summed E-state index contributed by atoms with van der Waals surface area (Å²) >= 11 is 0. The van der Waals surface area contributed by atoms with Crippen LogP contribution >= 0.6 is 0 Å². The number of nitrogens with two attached hydrogens (primary N) is 1. The summed E-state index contributed by atoms with van der Waals surface area (Å²) in [6.45, 7) is 4.25. The summed E-state index contributed by atoms with van der Waals surface area (Å²) < 4.78 is 5.11. The lowest BCUT2D eigenvalue weighted by atomic mass is 10.1. The average Bonchev–Trinajstić information content (AvgIpc) is 3.19. The Morgan fingerprint density at radius 3 is 2.67 bits per heavy atom. The molecule has 1 atom stereocenters. The normalized spacial score (nSPS) is 16.6. The molecule has 0 aromatic rings. The zero-order valence-corrected chi connectivity index (χ0v) is 11.9. The highest BCUT2D eigenvalue weighted by atomic mass is 16.5. The molecule has 1 unspecified atom stereocenters. The van der Waals surface area contributed by atoms with Gasteiger partial charge >= 0.3 is 0 Å². The third-order valence-corrected chi connectivity index (χ3v) is 3.75. The van der Waals surface area contributed by atoms with Crippen LogP contribution in [0.1, 0.15) is 45.4 Å². The summed E-state index contributed by atoms with van der Waals surface area (Å²) in [4.78, 5) is 14.2. The van der Waals surface area contributed by atoms with Crippen molar-refractivity contribution in [3.8, 4) is 0 Å². The average molecular weight is 256 g/mol. The fourth-order valence-electron chi connectivity index (χ4n) is 2.32. The topological polar surface area (TPSA) is 55.6 Å². The summed E-state index contributed by atoms with van der Waals surface area (Å²) in [5.74, 6) is 0.998. The summed E-state index contributed by atoms with van der Waals surface area (Å²) in [6.07, 6.45) is 6.22. The van der Waals surface area contributed by atoms with Crippen molar-refractivity contribution in [3.05, 3.63) is 0 Å². The van der Waals surface area contributed by atoms with Crippen molar-refractivity contribution in [1.29, 1.82) is 0 Å². The maximum atomic E-state index is 12.2. The van der Waals surface area contributed by atoms with Crippen LogP contribution in [0, 0.1) is 5.92 Å². The van der Waals surface area contributed by atoms with Crippen LogP contribution in [-0.2, 0) is 9.53 Å². The van der Waals surface area contributed by atoms with E-state index in [1.807, 2.05) is 4.90 Å². The van der Waals surface area contributed by atoms with E-state index in [2.05, 4.69) is 6.92 Å². The van der Waals surface area contributed by atoms with Gasteiger partial charge in [-0.15, -0.1) is 0 Å². The van der Waals surface area contributed by atoms with Gasteiger partial charge in [0.15, 0.2) is 0 Å². The van der Waals surface area contributed by atoms with E-state index >= 15 is 0 Å². The van der Waals surface area contributed by atoms with Crippen molar-refractivity contribution >= 4 is 5.91 Å². The highest BCUT2D eigenvalue weighted by Gasteiger charge is 2.33. The van der Waals surface area contributed by atoms with Crippen molar-refractivity contribution < 1.29 is 9.53 Å². The molecule has 18 heavy (non-hydrogen) atoms. The SMILES string of the molecule is COCCN(C(=O)CCCCCN)C(C)C1CC1. The molecule has 0 aromatic carbocycles. The number of amides is 1.